The number of fused-ring (bicyclic) bond motifs is 1. The molecule has 8 N–H and O–H groups in total. The summed E-state index contributed by atoms with van der Waals surface area (Å²) in [4.78, 5) is 12.7. The van der Waals surface area contributed by atoms with Gasteiger partial charge >= 0.3 is 0 Å². The number of phenols is 3. The molecule has 1 saturated heterocycles. The highest BCUT2D eigenvalue weighted by Crippen LogP contribution is 2.39. The maximum absolute atomic E-state index is 12.7. The summed E-state index contributed by atoms with van der Waals surface area (Å²) in [6.45, 7) is -0.654. The van der Waals surface area contributed by atoms with Crippen LogP contribution in [-0.2, 0) is 4.74 Å². The molecular formula is C21H20O11. The number of benzene rings is 2. The molecule has 170 valence electrons. The van der Waals surface area contributed by atoms with Crippen LogP contribution in [0.15, 0.2) is 39.5 Å². The van der Waals surface area contributed by atoms with Gasteiger partial charge in [-0.1, -0.05) is 0 Å². The zero-order valence-corrected chi connectivity index (χ0v) is 16.3. The number of ether oxygens (including phenoxy) is 1. The Hall–Kier alpha value is -3.35. The molecule has 32 heavy (non-hydrogen) atoms. The van der Waals surface area contributed by atoms with E-state index in [1.54, 1.807) is 0 Å². The van der Waals surface area contributed by atoms with Crippen LogP contribution in [0, 0.1) is 0 Å². The van der Waals surface area contributed by atoms with Crippen LogP contribution < -0.4 is 5.43 Å². The minimum Gasteiger partial charge on any atom is -0.507 e. The lowest BCUT2D eigenvalue weighted by Crippen LogP contribution is -2.55. The van der Waals surface area contributed by atoms with Gasteiger partial charge in [0.2, 0.25) is 11.2 Å². The van der Waals surface area contributed by atoms with Gasteiger partial charge in [0, 0.05) is 5.56 Å². The Kier molecular flexibility index (Phi) is 5.44. The standard InChI is InChI=1S/C21H20O11/c22-6-13-15(26)17(28)19(30)21(32-13)8-4-11(25)14-12(5-8)31-20(18(29)16(14)27)7-1-2-9(23)10(24)3-7/h1-5,13,15,17,19,21-26,28-30H,6H2. The van der Waals surface area contributed by atoms with E-state index < -0.39 is 65.6 Å². The molecule has 3 aromatic rings. The topological polar surface area (TPSA) is 201 Å². The molecule has 2 heterocycles. The monoisotopic (exact) mass is 448 g/mol. The van der Waals surface area contributed by atoms with Crippen molar-refractivity contribution in [2.24, 2.45) is 0 Å². The number of aliphatic hydroxyl groups excluding tert-OH is 4. The van der Waals surface area contributed by atoms with Crippen LogP contribution in [0.25, 0.3) is 22.3 Å². The lowest BCUT2D eigenvalue weighted by atomic mass is 9.90. The quantitative estimate of drug-likeness (QED) is 0.247. The molecule has 0 radical (unpaired) electrons. The minimum atomic E-state index is -1.66. The number of aliphatic hydroxyl groups is 4. The SMILES string of the molecule is O=c1c(O)c(-c2ccc(O)c(O)c2)oc2cc(C3OC(CO)C(O)C(O)C3O)cc(O)c12. The first kappa shape index (κ1) is 21.9. The van der Waals surface area contributed by atoms with Gasteiger partial charge in [0.15, 0.2) is 17.3 Å². The molecule has 11 nitrogen and oxygen atoms in total. The first-order valence-electron chi connectivity index (χ1n) is 9.49. The lowest BCUT2D eigenvalue weighted by Gasteiger charge is -2.40. The second-order valence-corrected chi connectivity index (χ2v) is 7.48. The molecule has 0 bridgehead atoms. The van der Waals surface area contributed by atoms with Crippen LogP contribution in [0.4, 0.5) is 0 Å². The molecule has 4 rings (SSSR count). The van der Waals surface area contributed by atoms with Crippen LogP contribution in [-0.4, -0.2) is 71.9 Å². The first-order valence-corrected chi connectivity index (χ1v) is 9.49. The van der Waals surface area contributed by atoms with Gasteiger partial charge in [-0.2, -0.15) is 0 Å². The molecule has 0 spiro atoms. The molecule has 0 aliphatic carbocycles. The molecule has 0 amide bonds. The Morgan fingerprint density at radius 3 is 2.22 bits per heavy atom. The highest BCUT2D eigenvalue weighted by atomic mass is 16.5. The second kappa shape index (κ2) is 7.97. The predicted octanol–water partition coefficient (Wildman–Crippen LogP) is -0.203. The van der Waals surface area contributed by atoms with Gasteiger partial charge < -0.3 is 50.0 Å². The smallest absolute Gasteiger partial charge is 0.238 e. The molecule has 5 unspecified atom stereocenters. The number of aromatic hydroxyl groups is 4. The summed E-state index contributed by atoms with van der Waals surface area (Å²) < 4.78 is 11.1. The average Bonchev–Trinajstić information content (AvgIpc) is 2.76. The summed E-state index contributed by atoms with van der Waals surface area (Å²) in [7, 11) is 0. The van der Waals surface area contributed by atoms with Gasteiger partial charge in [0.05, 0.1) is 6.61 Å². The van der Waals surface area contributed by atoms with Gasteiger partial charge in [-0.3, -0.25) is 4.79 Å². The van der Waals surface area contributed by atoms with Crippen LogP contribution in [0.3, 0.4) is 0 Å². The van der Waals surface area contributed by atoms with Crippen molar-refractivity contribution >= 4 is 11.0 Å². The van der Waals surface area contributed by atoms with Gasteiger partial charge in [-0.05, 0) is 35.9 Å². The fourth-order valence-electron chi connectivity index (χ4n) is 3.71. The zero-order chi connectivity index (χ0) is 23.3. The largest absolute Gasteiger partial charge is 0.507 e. The van der Waals surface area contributed by atoms with E-state index in [1.807, 2.05) is 0 Å². The van der Waals surface area contributed by atoms with E-state index in [1.165, 1.54) is 12.1 Å². The Morgan fingerprint density at radius 2 is 1.56 bits per heavy atom. The van der Waals surface area contributed by atoms with Crippen LogP contribution >= 0.6 is 0 Å². The Labute approximate surface area is 179 Å². The third kappa shape index (κ3) is 3.42. The van der Waals surface area contributed by atoms with Crippen molar-refractivity contribution < 1.29 is 50.0 Å². The van der Waals surface area contributed by atoms with E-state index in [4.69, 9.17) is 9.15 Å². The predicted molar refractivity (Wildman–Crippen MR) is 107 cm³/mol. The Morgan fingerprint density at radius 1 is 0.844 bits per heavy atom. The number of hydrogen-bond acceptors (Lipinski definition) is 11. The summed E-state index contributed by atoms with van der Waals surface area (Å²) in [6, 6.07) is 5.75. The molecule has 1 aliphatic heterocycles. The number of phenolic OH excluding ortho intramolecular Hbond substituents is 3. The maximum Gasteiger partial charge on any atom is 0.238 e. The molecular weight excluding hydrogens is 428 g/mol. The second-order valence-electron chi connectivity index (χ2n) is 7.48. The molecule has 1 aromatic heterocycles. The van der Waals surface area contributed by atoms with Crippen molar-refractivity contribution in [2.45, 2.75) is 30.5 Å². The number of rotatable bonds is 3. The van der Waals surface area contributed by atoms with Crippen molar-refractivity contribution in [2.75, 3.05) is 6.61 Å². The summed E-state index contributed by atoms with van der Waals surface area (Å²) in [5.41, 5.74) is -1.09. The lowest BCUT2D eigenvalue weighted by molar-refractivity contribution is -0.231. The fraction of sp³-hybridized carbons (Fsp3) is 0.286. The van der Waals surface area contributed by atoms with E-state index in [9.17, 15) is 45.6 Å². The summed E-state index contributed by atoms with van der Waals surface area (Å²) >= 11 is 0. The Bertz CT molecular complexity index is 1230. The molecule has 0 saturated carbocycles. The summed E-state index contributed by atoms with van der Waals surface area (Å²) in [5, 5.41) is 79.2. The molecule has 1 aliphatic rings. The molecule has 2 aromatic carbocycles. The van der Waals surface area contributed by atoms with E-state index in [2.05, 4.69) is 0 Å². The van der Waals surface area contributed by atoms with Gasteiger partial charge in [-0.25, -0.2) is 0 Å². The molecule has 11 heteroatoms. The summed E-state index contributed by atoms with van der Waals surface area (Å²) in [6.07, 6.45) is -7.38. The van der Waals surface area contributed by atoms with Crippen molar-refractivity contribution in [3.63, 3.8) is 0 Å². The first-order chi connectivity index (χ1) is 15.1. The van der Waals surface area contributed by atoms with E-state index in [-0.39, 0.29) is 27.9 Å². The number of hydrogen-bond donors (Lipinski definition) is 8. The summed E-state index contributed by atoms with van der Waals surface area (Å²) in [5.74, 6) is -2.78. The van der Waals surface area contributed by atoms with Crippen molar-refractivity contribution in [3.05, 3.63) is 46.1 Å². The normalized spacial score (nSPS) is 25.8. The van der Waals surface area contributed by atoms with Gasteiger partial charge in [0.25, 0.3) is 0 Å². The van der Waals surface area contributed by atoms with Crippen LogP contribution in [0.5, 0.6) is 23.0 Å². The van der Waals surface area contributed by atoms with E-state index in [0.717, 1.165) is 18.2 Å². The van der Waals surface area contributed by atoms with Gasteiger partial charge in [0.1, 0.15) is 47.2 Å². The molecule has 1 fully saturated rings. The van der Waals surface area contributed by atoms with Crippen molar-refractivity contribution in [1.82, 2.24) is 0 Å². The van der Waals surface area contributed by atoms with Crippen LogP contribution in [0.2, 0.25) is 0 Å². The fourth-order valence-corrected chi connectivity index (χ4v) is 3.71. The van der Waals surface area contributed by atoms with Crippen molar-refractivity contribution in [1.29, 1.82) is 0 Å². The molecule has 5 atom stereocenters. The zero-order valence-electron chi connectivity index (χ0n) is 16.3. The highest BCUT2D eigenvalue weighted by Gasteiger charge is 2.44. The van der Waals surface area contributed by atoms with Gasteiger partial charge in [-0.15, -0.1) is 0 Å². The maximum atomic E-state index is 12.7. The minimum absolute atomic E-state index is 0.0505. The third-order valence-electron chi connectivity index (χ3n) is 5.43. The third-order valence-corrected chi connectivity index (χ3v) is 5.43. The average molecular weight is 448 g/mol. The van der Waals surface area contributed by atoms with E-state index >= 15 is 0 Å². The van der Waals surface area contributed by atoms with E-state index in [0.29, 0.717) is 0 Å². The van der Waals surface area contributed by atoms with Crippen LogP contribution in [0.1, 0.15) is 11.7 Å². The Balaban J connectivity index is 1.88. The van der Waals surface area contributed by atoms with Crippen molar-refractivity contribution in [3.8, 4) is 34.3 Å². The highest BCUT2D eigenvalue weighted by molar-refractivity contribution is 5.87.